The second-order valence-corrected chi connectivity index (χ2v) is 9.16. The zero-order valence-corrected chi connectivity index (χ0v) is 18.4. The number of alkyl halides is 1. The fourth-order valence-corrected chi connectivity index (χ4v) is 5.12. The number of aryl methyl sites for hydroxylation is 1. The number of ether oxygens (including phenoxy) is 2. The van der Waals surface area contributed by atoms with E-state index in [0.717, 1.165) is 33.6 Å². The molecule has 0 unspecified atom stereocenters. The van der Waals surface area contributed by atoms with E-state index in [0.29, 0.717) is 18.6 Å². The van der Waals surface area contributed by atoms with Crippen LogP contribution in [0.25, 0.3) is 10.4 Å². The molecule has 4 rings (SSSR count). The summed E-state index contributed by atoms with van der Waals surface area (Å²) in [5.74, 6) is 0.447. The molecule has 2 aromatic carbocycles. The second kappa shape index (κ2) is 9.47. The van der Waals surface area contributed by atoms with Crippen molar-refractivity contribution in [3.8, 4) is 16.2 Å². The number of rotatable bonds is 6. The highest BCUT2D eigenvalue weighted by atomic mass is 32.1. The summed E-state index contributed by atoms with van der Waals surface area (Å²) >= 11 is 1.68. The van der Waals surface area contributed by atoms with Crippen LogP contribution in [-0.2, 0) is 11.2 Å². The van der Waals surface area contributed by atoms with Gasteiger partial charge in [-0.15, -0.1) is 11.3 Å². The Labute approximate surface area is 185 Å². The zero-order valence-electron chi connectivity index (χ0n) is 17.6. The van der Waals surface area contributed by atoms with Crippen LogP contribution in [-0.4, -0.2) is 31.1 Å². The molecule has 1 aromatic heterocycles. The van der Waals surface area contributed by atoms with Gasteiger partial charge in [0.15, 0.2) is 0 Å². The van der Waals surface area contributed by atoms with E-state index >= 15 is 0 Å². The molecular formula is C25H26F2O3S. The molecule has 1 fully saturated rings. The van der Waals surface area contributed by atoms with Crippen LogP contribution in [0.4, 0.5) is 8.78 Å². The van der Waals surface area contributed by atoms with Crippen LogP contribution in [0.15, 0.2) is 48.5 Å². The molecular weight excluding hydrogens is 418 g/mol. The van der Waals surface area contributed by atoms with E-state index in [4.69, 9.17) is 9.47 Å². The molecule has 3 atom stereocenters. The average Bonchev–Trinajstić information content (AvgIpc) is 3.23. The van der Waals surface area contributed by atoms with E-state index < -0.39 is 25.0 Å². The molecule has 1 aliphatic heterocycles. The predicted octanol–water partition coefficient (Wildman–Crippen LogP) is 6.01. The molecule has 3 nitrogen and oxygen atoms in total. The van der Waals surface area contributed by atoms with E-state index in [-0.39, 0.29) is 5.82 Å². The van der Waals surface area contributed by atoms with Gasteiger partial charge in [-0.2, -0.15) is 0 Å². The summed E-state index contributed by atoms with van der Waals surface area (Å²) in [4.78, 5) is 2.27. The Balaban J connectivity index is 1.60. The monoisotopic (exact) mass is 444 g/mol. The number of hydrogen-bond donors (Lipinski definition) is 1. The van der Waals surface area contributed by atoms with Crippen LogP contribution in [0.2, 0.25) is 0 Å². The van der Waals surface area contributed by atoms with Crippen LogP contribution in [0.5, 0.6) is 5.75 Å². The van der Waals surface area contributed by atoms with E-state index in [2.05, 4.69) is 18.2 Å². The van der Waals surface area contributed by atoms with Crippen molar-refractivity contribution in [2.24, 2.45) is 0 Å². The molecule has 0 aliphatic carbocycles. The standard InChI is InChI=1S/C25H26F2O3S/c1-15-9-23(29-2)22(24-13-19(28)12-20(14-26)30-24)11-17(15)10-21-7-8-25(31-21)16-3-5-18(27)6-4-16/h3-9,11,19-20,24,28H,10,12-14H2,1-2H3/t19-,20-,24+/m0/s1. The molecule has 3 aromatic rings. The number of benzene rings is 2. The van der Waals surface area contributed by atoms with Crippen molar-refractivity contribution in [3.63, 3.8) is 0 Å². The molecule has 2 heterocycles. The van der Waals surface area contributed by atoms with Gasteiger partial charge in [0.25, 0.3) is 0 Å². The smallest absolute Gasteiger partial charge is 0.124 e. The Morgan fingerprint density at radius 2 is 1.90 bits per heavy atom. The first-order valence-electron chi connectivity index (χ1n) is 10.4. The van der Waals surface area contributed by atoms with Crippen molar-refractivity contribution < 1.29 is 23.4 Å². The highest BCUT2D eigenvalue weighted by molar-refractivity contribution is 7.15. The third-order valence-electron chi connectivity index (χ3n) is 5.74. The molecule has 6 heteroatoms. The minimum Gasteiger partial charge on any atom is -0.496 e. The maximum atomic E-state index is 13.2. The number of aliphatic hydroxyl groups is 1. The zero-order chi connectivity index (χ0) is 22.0. The first kappa shape index (κ1) is 21.9. The van der Waals surface area contributed by atoms with Gasteiger partial charge in [-0.25, -0.2) is 8.78 Å². The summed E-state index contributed by atoms with van der Waals surface area (Å²) < 4.78 is 37.9. The van der Waals surface area contributed by atoms with Gasteiger partial charge in [0.1, 0.15) is 18.2 Å². The van der Waals surface area contributed by atoms with Gasteiger partial charge in [0, 0.05) is 34.6 Å². The number of thiophene rings is 1. The fraction of sp³-hybridized carbons (Fsp3) is 0.360. The van der Waals surface area contributed by atoms with Gasteiger partial charge in [-0.1, -0.05) is 12.1 Å². The van der Waals surface area contributed by atoms with Gasteiger partial charge in [-0.3, -0.25) is 0 Å². The Morgan fingerprint density at radius 3 is 2.61 bits per heavy atom. The molecule has 0 spiro atoms. The molecule has 0 saturated carbocycles. The Bertz CT molecular complexity index is 1030. The van der Waals surface area contributed by atoms with E-state index in [1.165, 1.54) is 17.0 Å². The molecule has 1 N–H and O–H groups in total. The summed E-state index contributed by atoms with van der Waals surface area (Å²) in [7, 11) is 1.61. The molecule has 1 saturated heterocycles. The van der Waals surface area contributed by atoms with Crippen molar-refractivity contribution in [2.75, 3.05) is 13.8 Å². The summed E-state index contributed by atoms with van der Waals surface area (Å²) in [5, 5.41) is 10.2. The summed E-state index contributed by atoms with van der Waals surface area (Å²) in [5.41, 5.74) is 4.06. The van der Waals surface area contributed by atoms with Crippen molar-refractivity contribution in [1.82, 2.24) is 0 Å². The van der Waals surface area contributed by atoms with Gasteiger partial charge < -0.3 is 14.6 Å². The van der Waals surface area contributed by atoms with E-state index in [1.54, 1.807) is 30.6 Å². The Morgan fingerprint density at radius 1 is 1.13 bits per heavy atom. The molecule has 31 heavy (non-hydrogen) atoms. The SMILES string of the molecule is COc1cc(C)c(Cc2ccc(-c3ccc(F)cc3)s2)cc1[C@H]1C[C@@H](O)C[C@@H](CF)O1. The molecule has 0 amide bonds. The quantitative estimate of drug-likeness (QED) is 0.506. The van der Waals surface area contributed by atoms with Crippen LogP contribution >= 0.6 is 11.3 Å². The third kappa shape index (κ3) is 4.97. The van der Waals surface area contributed by atoms with Gasteiger partial charge in [0.05, 0.1) is 25.4 Å². The van der Waals surface area contributed by atoms with Crippen LogP contribution in [0, 0.1) is 12.7 Å². The minimum atomic E-state index is -0.615. The maximum Gasteiger partial charge on any atom is 0.124 e. The Hall–Kier alpha value is -2.28. The number of methoxy groups -OCH3 is 1. The van der Waals surface area contributed by atoms with Crippen LogP contribution in [0.1, 0.15) is 40.5 Å². The van der Waals surface area contributed by atoms with Crippen LogP contribution in [0.3, 0.4) is 0 Å². The lowest BCUT2D eigenvalue weighted by Gasteiger charge is -2.33. The fourth-order valence-electron chi connectivity index (χ4n) is 4.08. The van der Waals surface area contributed by atoms with Crippen molar-refractivity contribution >= 4 is 11.3 Å². The topological polar surface area (TPSA) is 38.7 Å². The first-order chi connectivity index (χ1) is 15.0. The van der Waals surface area contributed by atoms with Gasteiger partial charge in [-0.05, 0) is 60.0 Å². The average molecular weight is 445 g/mol. The molecule has 0 bridgehead atoms. The summed E-state index contributed by atoms with van der Waals surface area (Å²) in [6.07, 6.45) is -0.130. The Kier molecular flexibility index (Phi) is 6.70. The van der Waals surface area contributed by atoms with Gasteiger partial charge >= 0.3 is 0 Å². The number of halogens is 2. The maximum absolute atomic E-state index is 13.2. The van der Waals surface area contributed by atoms with Crippen molar-refractivity contribution in [1.29, 1.82) is 0 Å². The number of hydrogen-bond acceptors (Lipinski definition) is 4. The molecule has 164 valence electrons. The third-order valence-corrected chi connectivity index (χ3v) is 6.87. The lowest BCUT2D eigenvalue weighted by Crippen LogP contribution is -2.32. The van der Waals surface area contributed by atoms with Gasteiger partial charge in [0.2, 0.25) is 0 Å². The minimum absolute atomic E-state index is 0.244. The summed E-state index contributed by atoms with van der Waals surface area (Å²) in [6, 6.07) is 14.7. The highest BCUT2D eigenvalue weighted by Crippen LogP contribution is 2.39. The van der Waals surface area contributed by atoms with Crippen molar-refractivity contribution in [3.05, 3.63) is 75.9 Å². The summed E-state index contributed by atoms with van der Waals surface area (Å²) in [6.45, 7) is 1.42. The van der Waals surface area contributed by atoms with Crippen molar-refractivity contribution in [2.45, 2.75) is 44.5 Å². The molecule has 1 aliphatic rings. The lowest BCUT2D eigenvalue weighted by atomic mass is 9.92. The van der Waals surface area contributed by atoms with Crippen LogP contribution < -0.4 is 4.74 Å². The molecule has 0 radical (unpaired) electrons. The second-order valence-electron chi connectivity index (χ2n) is 8.00. The largest absolute Gasteiger partial charge is 0.496 e. The first-order valence-corrected chi connectivity index (χ1v) is 11.2. The van der Waals surface area contributed by atoms with E-state index in [1.807, 2.05) is 13.0 Å². The van der Waals surface area contributed by atoms with E-state index in [9.17, 15) is 13.9 Å². The lowest BCUT2D eigenvalue weighted by molar-refractivity contribution is -0.105. The number of aliphatic hydroxyl groups excluding tert-OH is 1. The predicted molar refractivity (Wildman–Crippen MR) is 119 cm³/mol. The highest BCUT2D eigenvalue weighted by Gasteiger charge is 2.31. The normalized spacial score (nSPS) is 21.3.